The van der Waals surface area contributed by atoms with Gasteiger partial charge in [0.15, 0.2) is 5.82 Å². The lowest BCUT2D eigenvalue weighted by molar-refractivity contribution is -0.117. The molecular weight excluding hydrogens is 472 g/mol. The quantitative estimate of drug-likeness (QED) is 0.481. The van der Waals surface area contributed by atoms with Crippen molar-refractivity contribution in [3.63, 3.8) is 0 Å². The van der Waals surface area contributed by atoms with Gasteiger partial charge in [-0.15, -0.1) is 0 Å². The number of nitrogens with one attached hydrogen (secondary N) is 1. The first-order valence-electron chi connectivity index (χ1n) is 11.8. The number of ether oxygens (including phenoxy) is 1. The molecule has 4 amide bonds. The lowest BCUT2D eigenvalue weighted by Gasteiger charge is -2.34. The van der Waals surface area contributed by atoms with Crippen LogP contribution in [-0.2, 0) is 4.79 Å². The van der Waals surface area contributed by atoms with Crippen LogP contribution in [0.4, 0.5) is 10.6 Å². The Labute approximate surface area is 212 Å². The second-order valence-corrected chi connectivity index (χ2v) is 8.66. The molecule has 3 heterocycles. The number of nitrogens with two attached hydrogens (primary N) is 1. The molecule has 1 unspecified atom stereocenters. The smallest absolute Gasteiger partial charge is 0.368 e. The number of fused-ring (bicyclic) bond motifs is 1. The summed E-state index contributed by atoms with van der Waals surface area (Å²) in [7, 11) is 0. The van der Waals surface area contributed by atoms with Gasteiger partial charge in [0.2, 0.25) is 5.91 Å². The highest BCUT2D eigenvalue weighted by Crippen LogP contribution is 2.27. The Kier molecular flexibility index (Phi) is 6.46. The van der Waals surface area contributed by atoms with Crippen molar-refractivity contribution in [2.24, 2.45) is 15.7 Å². The molecule has 1 fully saturated rings. The number of primary amides is 1. The molecule has 37 heavy (non-hydrogen) atoms. The number of rotatable bonds is 7. The molecular formula is C27H24N6O4. The molecule has 186 valence electrons. The van der Waals surface area contributed by atoms with Crippen LogP contribution in [0, 0.1) is 0 Å². The third-order valence-corrected chi connectivity index (χ3v) is 6.15. The average Bonchev–Trinajstić information content (AvgIpc) is 3.29. The lowest BCUT2D eigenvalue weighted by atomic mass is 10.0. The highest BCUT2D eigenvalue weighted by molar-refractivity contribution is 6.00. The number of amides is 4. The number of urea groups is 1. The summed E-state index contributed by atoms with van der Waals surface area (Å²) in [5, 5.41) is 3.23. The summed E-state index contributed by atoms with van der Waals surface area (Å²) in [5.74, 6) is 0.671. The maximum Gasteiger partial charge on any atom is 0.368 e. The highest BCUT2D eigenvalue weighted by atomic mass is 16.5. The molecule has 2 aromatic carbocycles. The Balaban J connectivity index is 1.56. The van der Waals surface area contributed by atoms with E-state index in [0.29, 0.717) is 41.7 Å². The van der Waals surface area contributed by atoms with Gasteiger partial charge in [-0.2, -0.15) is 9.98 Å². The van der Waals surface area contributed by atoms with Crippen molar-refractivity contribution in [1.82, 2.24) is 10.3 Å². The maximum absolute atomic E-state index is 12.5. The molecule has 1 saturated heterocycles. The molecule has 0 aliphatic carbocycles. The number of piperidine rings is 1. The molecule has 1 aromatic heterocycles. The van der Waals surface area contributed by atoms with Gasteiger partial charge in [-0.25, -0.2) is 9.78 Å². The van der Waals surface area contributed by atoms with Gasteiger partial charge in [-0.05, 0) is 55.3 Å². The minimum atomic E-state index is -0.765. The van der Waals surface area contributed by atoms with Crippen LogP contribution >= 0.6 is 0 Å². The molecule has 0 saturated carbocycles. The fourth-order valence-corrected chi connectivity index (χ4v) is 4.49. The fourth-order valence-electron chi connectivity index (χ4n) is 4.49. The van der Waals surface area contributed by atoms with Crippen molar-refractivity contribution in [3.05, 3.63) is 83.5 Å². The topological polar surface area (TPSA) is 139 Å². The van der Waals surface area contributed by atoms with Crippen LogP contribution in [0.15, 0.2) is 77.2 Å². The lowest BCUT2D eigenvalue weighted by Crippen LogP contribution is -2.50. The van der Waals surface area contributed by atoms with Crippen LogP contribution in [-0.4, -0.2) is 42.0 Å². The number of para-hydroxylation sites is 1. The van der Waals surface area contributed by atoms with E-state index in [9.17, 15) is 14.4 Å². The number of anilines is 1. The van der Waals surface area contributed by atoms with Gasteiger partial charge in [0.05, 0.1) is 11.3 Å². The maximum atomic E-state index is 12.5. The summed E-state index contributed by atoms with van der Waals surface area (Å²) in [6.45, 7) is 4.58. The second-order valence-electron chi connectivity index (χ2n) is 8.66. The van der Waals surface area contributed by atoms with Crippen LogP contribution in [0.25, 0.3) is 11.3 Å². The number of hydrogen-bond acceptors (Lipinski definition) is 6. The Bertz CT molecular complexity index is 1520. The van der Waals surface area contributed by atoms with Gasteiger partial charge in [-0.3, -0.25) is 9.59 Å². The molecule has 0 spiro atoms. The van der Waals surface area contributed by atoms with E-state index in [2.05, 4.69) is 21.9 Å². The van der Waals surface area contributed by atoms with Gasteiger partial charge >= 0.3 is 6.03 Å². The predicted octanol–water partition coefficient (Wildman–Crippen LogP) is 2.28. The normalized spacial score (nSPS) is 16.3. The van der Waals surface area contributed by atoms with Gasteiger partial charge in [0, 0.05) is 24.7 Å². The van der Waals surface area contributed by atoms with Crippen molar-refractivity contribution >= 4 is 23.7 Å². The van der Waals surface area contributed by atoms with Crippen LogP contribution < -0.4 is 31.4 Å². The molecule has 0 bridgehead atoms. The van der Waals surface area contributed by atoms with Crippen molar-refractivity contribution in [2.45, 2.75) is 18.9 Å². The van der Waals surface area contributed by atoms with Crippen LogP contribution in [0.2, 0.25) is 0 Å². The van der Waals surface area contributed by atoms with E-state index in [1.807, 2.05) is 35.2 Å². The summed E-state index contributed by atoms with van der Waals surface area (Å²) in [6, 6.07) is 15.5. The van der Waals surface area contributed by atoms with Gasteiger partial charge in [-0.1, -0.05) is 24.8 Å². The Morgan fingerprint density at radius 1 is 1.05 bits per heavy atom. The predicted molar refractivity (Wildman–Crippen MR) is 136 cm³/mol. The van der Waals surface area contributed by atoms with E-state index < -0.39 is 11.9 Å². The third-order valence-electron chi connectivity index (χ3n) is 6.15. The number of aromatic nitrogens is 1. The van der Waals surface area contributed by atoms with E-state index in [1.54, 1.807) is 24.3 Å². The largest absolute Gasteiger partial charge is 0.457 e. The summed E-state index contributed by atoms with van der Waals surface area (Å²) < 4.78 is 5.87. The average molecular weight is 497 g/mol. The monoisotopic (exact) mass is 496 g/mol. The van der Waals surface area contributed by atoms with Crippen LogP contribution in [0.3, 0.4) is 0 Å². The summed E-state index contributed by atoms with van der Waals surface area (Å²) in [6.07, 6.45) is 2.79. The van der Waals surface area contributed by atoms with Crippen molar-refractivity contribution in [1.29, 1.82) is 0 Å². The SMILES string of the molecule is C=CC(=O)NC1CCCN(c2nc(-c3ccc(Oc4ccccc4)cc3)c(C(N)=O)c3c2=NC(=O)N=3)C1. The van der Waals surface area contributed by atoms with Gasteiger partial charge in [0.1, 0.15) is 22.2 Å². The molecule has 3 aromatic rings. The first-order chi connectivity index (χ1) is 17.9. The zero-order valence-electron chi connectivity index (χ0n) is 19.9. The molecule has 2 aliphatic rings. The molecule has 1 atom stereocenters. The summed E-state index contributed by atoms with van der Waals surface area (Å²) in [5.41, 5.74) is 6.65. The van der Waals surface area contributed by atoms with E-state index in [4.69, 9.17) is 15.5 Å². The summed E-state index contributed by atoms with van der Waals surface area (Å²) >= 11 is 0. The molecule has 2 aliphatic heterocycles. The number of carbonyl (C=O) groups excluding carboxylic acids is 3. The van der Waals surface area contributed by atoms with E-state index in [0.717, 1.165) is 12.8 Å². The first kappa shape index (κ1) is 23.9. The number of pyridine rings is 1. The highest BCUT2D eigenvalue weighted by Gasteiger charge is 2.28. The number of benzene rings is 2. The minimum absolute atomic E-state index is 0.0265. The van der Waals surface area contributed by atoms with Crippen molar-refractivity contribution in [2.75, 3.05) is 18.0 Å². The number of carbonyl (C=O) groups is 3. The number of hydrogen-bond donors (Lipinski definition) is 2. The number of nitrogens with zero attached hydrogens (tertiary/aromatic N) is 4. The fraction of sp³-hybridized carbons (Fsp3) is 0.185. The first-order valence-corrected chi connectivity index (χ1v) is 11.8. The Hall–Kier alpha value is -4.86. The minimum Gasteiger partial charge on any atom is -0.457 e. The zero-order chi connectivity index (χ0) is 25.9. The molecule has 3 N–H and O–H groups in total. The third kappa shape index (κ3) is 4.94. The standard InChI is InChI=1S/C27H24N6O4/c1-2-20(34)29-17-7-6-14-33(15-17)26-24-23(31-27(36)32-24)21(25(28)35)22(30-26)16-10-12-19(13-11-16)37-18-8-4-3-5-9-18/h2-5,8-13,17H,1,6-7,14-15H2,(H2,28,35)(H,29,34). The zero-order valence-corrected chi connectivity index (χ0v) is 19.9. The van der Waals surface area contributed by atoms with Crippen LogP contribution in [0.5, 0.6) is 11.5 Å². The van der Waals surface area contributed by atoms with E-state index in [-0.39, 0.29) is 28.2 Å². The Morgan fingerprint density at radius 2 is 1.76 bits per heavy atom. The second kappa shape index (κ2) is 10.0. The van der Waals surface area contributed by atoms with E-state index in [1.165, 1.54) is 6.08 Å². The molecule has 10 heteroatoms. The van der Waals surface area contributed by atoms with Crippen molar-refractivity contribution < 1.29 is 19.1 Å². The van der Waals surface area contributed by atoms with Crippen LogP contribution in [0.1, 0.15) is 23.2 Å². The molecule has 0 radical (unpaired) electrons. The van der Waals surface area contributed by atoms with Crippen molar-refractivity contribution in [3.8, 4) is 22.8 Å². The van der Waals surface area contributed by atoms with Gasteiger partial charge in [0.25, 0.3) is 5.91 Å². The molecule has 5 rings (SSSR count). The molecule has 10 nitrogen and oxygen atoms in total. The summed E-state index contributed by atoms with van der Waals surface area (Å²) in [4.78, 5) is 51.3. The Morgan fingerprint density at radius 3 is 2.46 bits per heavy atom. The van der Waals surface area contributed by atoms with Gasteiger partial charge < -0.3 is 20.7 Å². The van der Waals surface area contributed by atoms with E-state index >= 15 is 0 Å².